The predicted molar refractivity (Wildman–Crippen MR) is 77.7 cm³/mol. The average molecular weight is 297 g/mol. The topological polar surface area (TPSA) is 15.3 Å². The number of benzene rings is 1. The summed E-state index contributed by atoms with van der Waals surface area (Å²) in [6.07, 6.45) is 2.52. The minimum atomic E-state index is 0.183. The first-order valence-electron chi connectivity index (χ1n) is 6.32. The summed E-state index contributed by atoms with van der Waals surface area (Å²) in [6.45, 7) is 7.91. The SMILES string of the molecule is CC1(C)CN(c2cccc(Br)c2)CCCCN1. The molecule has 0 saturated carbocycles. The van der Waals surface area contributed by atoms with Crippen molar-refractivity contribution in [3.63, 3.8) is 0 Å². The summed E-state index contributed by atoms with van der Waals surface area (Å²) in [5.41, 5.74) is 1.50. The quantitative estimate of drug-likeness (QED) is 0.854. The van der Waals surface area contributed by atoms with Crippen molar-refractivity contribution in [3.8, 4) is 0 Å². The van der Waals surface area contributed by atoms with Crippen molar-refractivity contribution in [2.45, 2.75) is 32.2 Å². The number of nitrogens with zero attached hydrogens (tertiary/aromatic N) is 1. The van der Waals surface area contributed by atoms with Crippen LogP contribution >= 0.6 is 15.9 Å². The molecule has 0 radical (unpaired) electrons. The lowest BCUT2D eigenvalue weighted by atomic mass is 10.0. The van der Waals surface area contributed by atoms with Crippen LogP contribution in [0.25, 0.3) is 0 Å². The van der Waals surface area contributed by atoms with Crippen LogP contribution in [0.1, 0.15) is 26.7 Å². The van der Waals surface area contributed by atoms with Crippen LogP contribution in [0.5, 0.6) is 0 Å². The summed E-state index contributed by atoms with van der Waals surface area (Å²) in [5, 5.41) is 3.62. The molecule has 0 bridgehead atoms. The van der Waals surface area contributed by atoms with Gasteiger partial charge in [-0.3, -0.25) is 0 Å². The van der Waals surface area contributed by atoms with Gasteiger partial charge in [0.1, 0.15) is 0 Å². The lowest BCUT2D eigenvalue weighted by Crippen LogP contribution is -2.51. The van der Waals surface area contributed by atoms with E-state index in [2.05, 4.69) is 64.3 Å². The first-order valence-corrected chi connectivity index (χ1v) is 7.12. The van der Waals surface area contributed by atoms with E-state index in [4.69, 9.17) is 0 Å². The van der Waals surface area contributed by atoms with Crippen LogP contribution in [0.15, 0.2) is 28.7 Å². The first kappa shape index (κ1) is 12.9. The summed E-state index contributed by atoms with van der Waals surface area (Å²) in [4.78, 5) is 2.48. The highest BCUT2D eigenvalue weighted by molar-refractivity contribution is 9.10. The maximum atomic E-state index is 3.62. The minimum absolute atomic E-state index is 0.183. The molecule has 94 valence electrons. The molecule has 17 heavy (non-hydrogen) atoms. The summed E-state index contributed by atoms with van der Waals surface area (Å²) in [5.74, 6) is 0. The van der Waals surface area contributed by atoms with Crippen molar-refractivity contribution < 1.29 is 0 Å². The van der Waals surface area contributed by atoms with Gasteiger partial charge in [-0.15, -0.1) is 0 Å². The van der Waals surface area contributed by atoms with Crippen molar-refractivity contribution >= 4 is 21.6 Å². The average Bonchev–Trinajstić information content (AvgIpc) is 2.24. The highest BCUT2D eigenvalue weighted by Gasteiger charge is 2.23. The van der Waals surface area contributed by atoms with E-state index in [0.717, 1.165) is 24.1 Å². The molecule has 1 aliphatic heterocycles. The zero-order valence-corrected chi connectivity index (χ0v) is 12.3. The van der Waals surface area contributed by atoms with Gasteiger partial charge in [-0.2, -0.15) is 0 Å². The Morgan fingerprint density at radius 2 is 2.12 bits per heavy atom. The minimum Gasteiger partial charge on any atom is -0.370 e. The Bertz CT molecular complexity index is 376. The van der Waals surface area contributed by atoms with Gasteiger partial charge in [-0.1, -0.05) is 22.0 Å². The molecule has 1 heterocycles. The smallest absolute Gasteiger partial charge is 0.0378 e. The second-order valence-electron chi connectivity index (χ2n) is 5.42. The van der Waals surface area contributed by atoms with Crippen LogP contribution in [0.2, 0.25) is 0 Å². The molecule has 0 atom stereocenters. The van der Waals surface area contributed by atoms with Gasteiger partial charge in [0.15, 0.2) is 0 Å². The highest BCUT2D eigenvalue weighted by Crippen LogP contribution is 2.23. The van der Waals surface area contributed by atoms with E-state index in [-0.39, 0.29) is 5.54 Å². The second kappa shape index (κ2) is 5.40. The Balaban J connectivity index is 2.17. The van der Waals surface area contributed by atoms with E-state index in [1.807, 2.05) is 0 Å². The highest BCUT2D eigenvalue weighted by atomic mass is 79.9. The molecular weight excluding hydrogens is 276 g/mol. The standard InChI is InChI=1S/C14H21BrN2/c1-14(2)11-17(9-4-3-8-16-14)13-7-5-6-12(15)10-13/h5-7,10,16H,3-4,8-9,11H2,1-2H3. The fourth-order valence-corrected chi connectivity index (χ4v) is 2.75. The Kier molecular flexibility index (Phi) is 4.10. The van der Waals surface area contributed by atoms with Crippen LogP contribution in [0.4, 0.5) is 5.69 Å². The van der Waals surface area contributed by atoms with Crippen LogP contribution < -0.4 is 10.2 Å². The number of rotatable bonds is 1. The van der Waals surface area contributed by atoms with E-state index >= 15 is 0 Å². The summed E-state index contributed by atoms with van der Waals surface area (Å²) >= 11 is 3.55. The zero-order chi connectivity index (χ0) is 12.3. The number of hydrogen-bond donors (Lipinski definition) is 1. The summed E-state index contributed by atoms with van der Waals surface area (Å²) in [6, 6.07) is 8.59. The molecular formula is C14H21BrN2. The number of nitrogens with one attached hydrogen (secondary N) is 1. The zero-order valence-electron chi connectivity index (χ0n) is 10.7. The maximum absolute atomic E-state index is 3.62. The largest absolute Gasteiger partial charge is 0.370 e. The number of anilines is 1. The fraction of sp³-hybridized carbons (Fsp3) is 0.571. The van der Waals surface area contributed by atoms with Crippen molar-refractivity contribution in [1.82, 2.24) is 5.32 Å². The van der Waals surface area contributed by atoms with Gasteiger partial charge in [-0.05, 0) is 51.4 Å². The molecule has 0 amide bonds. The van der Waals surface area contributed by atoms with E-state index in [1.54, 1.807) is 0 Å². The van der Waals surface area contributed by atoms with Crippen molar-refractivity contribution in [1.29, 1.82) is 0 Å². The fourth-order valence-electron chi connectivity index (χ4n) is 2.36. The van der Waals surface area contributed by atoms with Gasteiger partial charge in [0.2, 0.25) is 0 Å². The normalized spacial score (nSPS) is 20.8. The Labute approximate surface area is 113 Å². The van der Waals surface area contributed by atoms with Crippen LogP contribution in [0, 0.1) is 0 Å². The lowest BCUT2D eigenvalue weighted by molar-refractivity contribution is 0.364. The van der Waals surface area contributed by atoms with Crippen LogP contribution in [-0.4, -0.2) is 25.2 Å². The third kappa shape index (κ3) is 3.71. The molecule has 2 rings (SSSR count). The van der Waals surface area contributed by atoms with E-state index in [0.29, 0.717) is 0 Å². The molecule has 1 fully saturated rings. The molecule has 3 heteroatoms. The molecule has 0 unspecified atom stereocenters. The maximum Gasteiger partial charge on any atom is 0.0378 e. The number of hydrogen-bond acceptors (Lipinski definition) is 2. The molecule has 1 aromatic carbocycles. The monoisotopic (exact) mass is 296 g/mol. The molecule has 0 aromatic heterocycles. The van der Waals surface area contributed by atoms with Gasteiger partial charge in [0.25, 0.3) is 0 Å². The van der Waals surface area contributed by atoms with Crippen molar-refractivity contribution in [2.24, 2.45) is 0 Å². The van der Waals surface area contributed by atoms with Gasteiger partial charge in [-0.25, -0.2) is 0 Å². The summed E-state index contributed by atoms with van der Waals surface area (Å²) < 4.78 is 1.16. The van der Waals surface area contributed by atoms with Crippen molar-refractivity contribution in [2.75, 3.05) is 24.5 Å². The Hall–Kier alpha value is -0.540. The molecule has 1 N–H and O–H groups in total. The molecule has 0 spiro atoms. The Morgan fingerprint density at radius 3 is 2.88 bits per heavy atom. The first-order chi connectivity index (χ1) is 8.07. The molecule has 2 nitrogen and oxygen atoms in total. The van der Waals surface area contributed by atoms with Gasteiger partial charge in [0.05, 0.1) is 0 Å². The van der Waals surface area contributed by atoms with Gasteiger partial charge < -0.3 is 10.2 Å². The van der Waals surface area contributed by atoms with Crippen LogP contribution in [0.3, 0.4) is 0 Å². The van der Waals surface area contributed by atoms with E-state index < -0.39 is 0 Å². The lowest BCUT2D eigenvalue weighted by Gasteiger charge is -2.37. The third-order valence-corrected chi connectivity index (χ3v) is 3.71. The predicted octanol–water partition coefficient (Wildman–Crippen LogP) is 3.42. The van der Waals surface area contributed by atoms with Crippen LogP contribution in [-0.2, 0) is 0 Å². The Morgan fingerprint density at radius 1 is 1.29 bits per heavy atom. The molecule has 1 aliphatic rings. The van der Waals surface area contributed by atoms with E-state index in [1.165, 1.54) is 18.5 Å². The second-order valence-corrected chi connectivity index (χ2v) is 6.33. The molecule has 0 aliphatic carbocycles. The summed E-state index contributed by atoms with van der Waals surface area (Å²) in [7, 11) is 0. The van der Waals surface area contributed by atoms with Gasteiger partial charge >= 0.3 is 0 Å². The number of halogens is 1. The van der Waals surface area contributed by atoms with E-state index in [9.17, 15) is 0 Å². The third-order valence-electron chi connectivity index (χ3n) is 3.22. The molecule has 1 saturated heterocycles. The molecule has 1 aromatic rings. The van der Waals surface area contributed by atoms with Crippen molar-refractivity contribution in [3.05, 3.63) is 28.7 Å². The van der Waals surface area contributed by atoms with Gasteiger partial charge in [0, 0.05) is 28.8 Å².